The van der Waals surface area contributed by atoms with Gasteiger partial charge in [0.2, 0.25) is 0 Å². The molecule has 13 heavy (non-hydrogen) atoms. The fourth-order valence-electron chi connectivity index (χ4n) is 0.974. The van der Waals surface area contributed by atoms with Crippen molar-refractivity contribution < 1.29 is 9.53 Å². The number of hydrogen-bond acceptors (Lipinski definition) is 2. The summed E-state index contributed by atoms with van der Waals surface area (Å²) in [6.45, 7) is 9.13. The average Bonchev–Trinajstić information content (AvgIpc) is 2.01. The molecule has 0 spiro atoms. The molecule has 1 unspecified atom stereocenters. The molecule has 0 saturated carbocycles. The van der Waals surface area contributed by atoms with Gasteiger partial charge in [-0.2, -0.15) is 0 Å². The number of allylic oxidation sites excluding steroid dienone is 2. The van der Waals surface area contributed by atoms with Crippen LogP contribution < -0.4 is 0 Å². The van der Waals surface area contributed by atoms with Crippen LogP contribution in [0.4, 0.5) is 0 Å². The minimum atomic E-state index is -0.248. The van der Waals surface area contributed by atoms with Crippen molar-refractivity contribution in [3.63, 3.8) is 0 Å². The molecule has 0 N–H and O–H groups in total. The average molecular weight is 182 g/mol. The van der Waals surface area contributed by atoms with E-state index in [1.165, 1.54) is 12.5 Å². The first-order valence-corrected chi connectivity index (χ1v) is 4.49. The Bertz CT molecular complexity index is 200. The lowest BCUT2D eigenvalue weighted by Gasteiger charge is -2.10. The summed E-state index contributed by atoms with van der Waals surface area (Å²) in [5.74, 6) is -0.248. The SMILES string of the molecule is C=CC(CCC=C(C)C)OC(C)=O. The summed E-state index contributed by atoms with van der Waals surface area (Å²) < 4.78 is 5.00. The first-order chi connectivity index (χ1) is 6.06. The number of carbonyl (C=O) groups is 1. The van der Waals surface area contributed by atoms with E-state index in [2.05, 4.69) is 26.5 Å². The van der Waals surface area contributed by atoms with Crippen LogP contribution in [0.1, 0.15) is 33.6 Å². The molecule has 1 atom stereocenters. The van der Waals surface area contributed by atoms with E-state index < -0.39 is 0 Å². The number of rotatable bonds is 5. The van der Waals surface area contributed by atoms with E-state index in [0.717, 1.165) is 12.8 Å². The highest BCUT2D eigenvalue weighted by molar-refractivity contribution is 5.66. The predicted octanol–water partition coefficient (Wildman–Crippen LogP) is 2.85. The number of hydrogen-bond donors (Lipinski definition) is 0. The van der Waals surface area contributed by atoms with Crippen LogP contribution in [0.3, 0.4) is 0 Å². The maximum Gasteiger partial charge on any atom is 0.303 e. The molecule has 0 amide bonds. The second-order valence-electron chi connectivity index (χ2n) is 3.24. The molecule has 0 radical (unpaired) electrons. The van der Waals surface area contributed by atoms with Crippen LogP contribution >= 0.6 is 0 Å². The Morgan fingerprint density at radius 1 is 1.46 bits per heavy atom. The molecular formula is C11H18O2. The molecule has 0 aliphatic rings. The molecule has 0 rings (SSSR count). The monoisotopic (exact) mass is 182 g/mol. The van der Waals surface area contributed by atoms with Gasteiger partial charge in [0.1, 0.15) is 6.10 Å². The minimum absolute atomic E-state index is 0.145. The lowest BCUT2D eigenvalue weighted by molar-refractivity contribution is -0.144. The summed E-state index contributed by atoms with van der Waals surface area (Å²) in [4.78, 5) is 10.6. The quantitative estimate of drug-likeness (QED) is 0.482. The first kappa shape index (κ1) is 11.9. The van der Waals surface area contributed by atoms with Gasteiger partial charge in [0.15, 0.2) is 0 Å². The Labute approximate surface area is 80.3 Å². The van der Waals surface area contributed by atoms with Gasteiger partial charge in [0, 0.05) is 6.92 Å². The highest BCUT2D eigenvalue weighted by Crippen LogP contribution is 2.06. The Hall–Kier alpha value is -1.05. The van der Waals surface area contributed by atoms with E-state index >= 15 is 0 Å². The van der Waals surface area contributed by atoms with Gasteiger partial charge in [-0.15, -0.1) is 0 Å². The fourth-order valence-corrected chi connectivity index (χ4v) is 0.974. The second-order valence-corrected chi connectivity index (χ2v) is 3.24. The standard InChI is InChI=1S/C11H18O2/c1-5-11(13-10(4)12)8-6-7-9(2)3/h5,7,11H,1,6,8H2,2-4H3. The van der Waals surface area contributed by atoms with Crippen LogP contribution in [-0.2, 0) is 9.53 Å². The van der Waals surface area contributed by atoms with Crippen molar-refractivity contribution in [1.29, 1.82) is 0 Å². The number of carbonyl (C=O) groups excluding carboxylic acids is 1. The molecule has 0 aromatic rings. The minimum Gasteiger partial charge on any atom is -0.458 e. The Balaban J connectivity index is 3.79. The van der Waals surface area contributed by atoms with E-state index in [1.54, 1.807) is 6.08 Å². The van der Waals surface area contributed by atoms with Crippen LogP contribution in [-0.4, -0.2) is 12.1 Å². The van der Waals surface area contributed by atoms with Crippen molar-refractivity contribution in [2.45, 2.75) is 39.7 Å². The molecule has 2 nitrogen and oxygen atoms in total. The van der Waals surface area contributed by atoms with Crippen LogP contribution in [0.15, 0.2) is 24.3 Å². The Morgan fingerprint density at radius 3 is 2.46 bits per heavy atom. The van der Waals surface area contributed by atoms with E-state index in [4.69, 9.17) is 4.74 Å². The molecule has 0 fully saturated rings. The van der Waals surface area contributed by atoms with Crippen LogP contribution in [0, 0.1) is 0 Å². The van der Waals surface area contributed by atoms with Gasteiger partial charge in [-0.1, -0.05) is 24.3 Å². The van der Waals surface area contributed by atoms with E-state index in [1.807, 2.05) is 0 Å². The zero-order valence-corrected chi connectivity index (χ0v) is 8.67. The van der Waals surface area contributed by atoms with Crippen LogP contribution in [0.5, 0.6) is 0 Å². The highest BCUT2D eigenvalue weighted by Gasteiger charge is 2.05. The molecule has 0 aliphatic carbocycles. The fraction of sp³-hybridized carbons (Fsp3) is 0.545. The molecular weight excluding hydrogens is 164 g/mol. The molecule has 0 saturated heterocycles. The molecule has 0 aromatic carbocycles. The summed E-state index contributed by atoms with van der Waals surface area (Å²) >= 11 is 0. The van der Waals surface area contributed by atoms with Crippen LogP contribution in [0.25, 0.3) is 0 Å². The van der Waals surface area contributed by atoms with E-state index in [0.29, 0.717) is 0 Å². The molecule has 0 heterocycles. The van der Waals surface area contributed by atoms with Gasteiger partial charge in [-0.25, -0.2) is 0 Å². The summed E-state index contributed by atoms with van der Waals surface area (Å²) in [5.41, 5.74) is 1.28. The van der Waals surface area contributed by atoms with Gasteiger partial charge in [0.25, 0.3) is 0 Å². The first-order valence-electron chi connectivity index (χ1n) is 4.49. The molecule has 0 aliphatic heterocycles. The predicted molar refractivity (Wildman–Crippen MR) is 54.4 cm³/mol. The third kappa shape index (κ3) is 7.32. The third-order valence-corrected chi connectivity index (χ3v) is 1.58. The number of ether oxygens (including phenoxy) is 1. The number of esters is 1. The maximum atomic E-state index is 10.6. The molecule has 2 heteroatoms. The van der Waals surface area contributed by atoms with E-state index in [9.17, 15) is 4.79 Å². The second kappa shape index (κ2) is 6.46. The Kier molecular flexibility index (Phi) is 5.94. The third-order valence-electron chi connectivity index (χ3n) is 1.58. The summed E-state index contributed by atoms with van der Waals surface area (Å²) in [7, 11) is 0. The lowest BCUT2D eigenvalue weighted by atomic mass is 10.1. The van der Waals surface area contributed by atoms with Gasteiger partial charge in [0.05, 0.1) is 0 Å². The topological polar surface area (TPSA) is 26.3 Å². The molecule has 0 aromatic heterocycles. The van der Waals surface area contributed by atoms with Gasteiger partial charge in [-0.3, -0.25) is 4.79 Å². The zero-order valence-electron chi connectivity index (χ0n) is 8.67. The van der Waals surface area contributed by atoms with E-state index in [-0.39, 0.29) is 12.1 Å². The van der Waals surface area contributed by atoms with Crippen molar-refractivity contribution in [2.75, 3.05) is 0 Å². The van der Waals surface area contributed by atoms with Gasteiger partial charge >= 0.3 is 5.97 Å². The summed E-state index contributed by atoms with van der Waals surface area (Å²) in [6, 6.07) is 0. The van der Waals surface area contributed by atoms with Gasteiger partial charge in [-0.05, 0) is 26.7 Å². The van der Waals surface area contributed by atoms with Crippen LogP contribution in [0.2, 0.25) is 0 Å². The smallest absolute Gasteiger partial charge is 0.303 e. The van der Waals surface area contributed by atoms with Crippen molar-refractivity contribution in [3.8, 4) is 0 Å². The Morgan fingerprint density at radius 2 is 2.08 bits per heavy atom. The lowest BCUT2D eigenvalue weighted by Crippen LogP contribution is -2.12. The molecule has 0 bridgehead atoms. The van der Waals surface area contributed by atoms with Crippen molar-refractivity contribution in [2.24, 2.45) is 0 Å². The highest BCUT2D eigenvalue weighted by atomic mass is 16.5. The van der Waals surface area contributed by atoms with Crippen molar-refractivity contribution >= 4 is 5.97 Å². The molecule has 74 valence electrons. The normalized spacial score (nSPS) is 11.6. The van der Waals surface area contributed by atoms with Crippen molar-refractivity contribution in [1.82, 2.24) is 0 Å². The summed E-state index contributed by atoms with van der Waals surface area (Å²) in [5, 5.41) is 0. The largest absolute Gasteiger partial charge is 0.458 e. The zero-order chi connectivity index (χ0) is 10.3. The summed E-state index contributed by atoms with van der Waals surface area (Å²) in [6.07, 6.45) is 5.38. The maximum absolute atomic E-state index is 10.6. The van der Waals surface area contributed by atoms with Crippen molar-refractivity contribution in [3.05, 3.63) is 24.3 Å². The van der Waals surface area contributed by atoms with Gasteiger partial charge < -0.3 is 4.74 Å².